The number of piperazine rings is 1. The minimum atomic E-state index is -0.846. The quantitative estimate of drug-likeness (QED) is 0.388. The number of para-hydroxylation sites is 1. The van der Waals surface area contributed by atoms with E-state index in [-0.39, 0.29) is 44.0 Å². The largest absolute Gasteiger partial charge is 0.497 e. The fourth-order valence-corrected chi connectivity index (χ4v) is 4.76. The number of halogens is 2. The number of anilines is 2. The molecule has 0 radical (unpaired) electrons. The van der Waals surface area contributed by atoms with Crippen LogP contribution in [0.15, 0.2) is 48.5 Å². The van der Waals surface area contributed by atoms with E-state index in [4.69, 9.17) is 14.2 Å². The number of rotatable bonds is 8. The SMILES string of the molecule is COc1cc(NC(=O)NC[C@H]2O[C@@H](CO)[C@@H](O)[C@H]2N2CCN(c3ccccc3)CC2)cc(OC)c1.Cl.Cl. The lowest BCUT2D eigenvalue weighted by molar-refractivity contribution is -0.0205. The molecule has 0 unspecified atom stereocenters. The van der Waals surface area contributed by atoms with E-state index in [1.165, 1.54) is 5.69 Å². The molecule has 2 aromatic carbocycles. The molecule has 4 N–H and O–H groups in total. The van der Waals surface area contributed by atoms with Crippen LogP contribution >= 0.6 is 24.8 Å². The highest BCUT2D eigenvalue weighted by molar-refractivity contribution is 5.89. The molecule has 0 spiro atoms. The molecule has 2 aliphatic heterocycles. The Morgan fingerprint density at radius 3 is 2.19 bits per heavy atom. The predicted octanol–water partition coefficient (Wildman–Crippen LogP) is 1.98. The Bertz CT molecular complexity index is 959. The van der Waals surface area contributed by atoms with Crippen molar-refractivity contribution in [3.63, 3.8) is 0 Å². The van der Waals surface area contributed by atoms with Gasteiger partial charge in [-0.15, -0.1) is 24.8 Å². The van der Waals surface area contributed by atoms with Crippen LogP contribution in [0.2, 0.25) is 0 Å². The van der Waals surface area contributed by atoms with Gasteiger partial charge in [0.15, 0.2) is 0 Å². The summed E-state index contributed by atoms with van der Waals surface area (Å²) in [5.41, 5.74) is 1.69. The first-order valence-corrected chi connectivity index (χ1v) is 11.8. The number of hydrogen-bond acceptors (Lipinski definition) is 8. The van der Waals surface area contributed by atoms with Crippen LogP contribution in [-0.2, 0) is 4.74 Å². The number of nitrogens with one attached hydrogen (secondary N) is 2. The molecule has 2 heterocycles. The van der Waals surface area contributed by atoms with Crippen LogP contribution in [0.4, 0.5) is 16.2 Å². The van der Waals surface area contributed by atoms with Gasteiger partial charge >= 0.3 is 6.03 Å². The Hall–Kier alpha value is -2.47. The van der Waals surface area contributed by atoms with Gasteiger partial charge in [-0.05, 0) is 12.1 Å². The zero-order chi connectivity index (χ0) is 24.8. The summed E-state index contributed by atoms with van der Waals surface area (Å²) in [5, 5.41) is 26.2. The van der Waals surface area contributed by atoms with Gasteiger partial charge in [0.2, 0.25) is 0 Å². The molecule has 2 saturated heterocycles. The van der Waals surface area contributed by atoms with Crippen molar-refractivity contribution in [3.05, 3.63) is 48.5 Å². The van der Waals surface area contributed by atoms with Gasteiger partial charge in [0.1, 0.15) is 23.7 Å². The molecule has 2 fully saturated rings. The minimum Gasteiger partial charge on any atom is -0.497 e. The number of carbonyl (C=O) groups is 1. The number of methoxy groups -OCH3 is 2. The number of carbonyl (C=O) groups excluding carboxylic acids is 1. The maximum Gasteiger partial charge on any atom is 0.319 e. The van der Waals surface area contributed by atoms with Gasteiger partial charge in [-0.25, -0.2) is 4.79 Å². The van der Waals surface area contributed by atoms with E-state index in [0.29, 0.717) is 17.2 Å². The lowest BCUT2D eigenvalue weighted by atomic mass is 10.0. The van der Waals surface area contributed by atoms with Gasteiger partial charge in [0, 0.05) is 62.3 Å². The van der Waals surface area contributed by atoms with Gasteiger partial charge in [-0.1, -0.05) is 18.2 Å². The van der Waals surface area contributed by atoms with Crippen molar-refractivity contribution >= 4 is 42.2 Å². The first kappa shape index (κ1) is 30.8. The molecule has 2 aliphatic rings. The Balaban J connectivity index is 0.00000241. The number of nitrogens with zero attached hydrogens (tertiary/aromatic N) is 2. The number of amides is 2. The third-order valence-electron chi connectivity index (χ3n) is 6.57. The van der Waals surface area contributed by atoms with Gasteiger partial charge in [-0.2, -0.15) is 0 Å². The van der Waals surface area contributed by atoms with E-state index in [1.807, 2.05) is 18.2 Å². The molecular formula is C25H36Cl2N4O6. The number of benzene rings is 2. The minimum absolute atomic E-state index is 0. The summed E-state index contributed by atoms with van der Waals surface area (Å²) in [4.78, 5) is 17.1. The highest BCUT2D eigenvalue weighted by Crippen LogP contribution is 2.28. The summed E-state index contributed by atoms with van der Waals surface area (Å²) in [7, 11) is 3.08. The zero-order valence-electron chi connectivity index (χ0n) is 20.9. The van der Waals surface area contributed by atoms with Gasteiger partial charge in [-0.3, -0.25) is 4.90 Å². The van der Waals surface area contributed by atoms with Crippen molar-refractivity contribution in [2.45, 2.75) is 24.4 Å². The molecule has 0 aromatic heterocycles. The molecular weight excluding hydrogens is 523 g/mol. The number of aliphatic hydroxyl groups is 2. The number of hydrogen-bond donors (Lipinski definition) is 4. The van der Waals surface area contributed by atoms with Gasteiger partial charge in [0.05, 0.1) is 33.0 Å². The van der Waals surface area contributed by atoms with Crippen LogP contribution < -0.4 is 25.0 Å². The van der Waals surface area contributed by atoms with Crippen LogP contribution in [0.1, 0.15) is 0 Å². The topological polar surface area (TPSA) is 116 Å². The summed E-state index contributed by atoms with van der Waals surface area (Å²) in [6, 6.07) is 14.6. The second kappa shape index (κ2) is 14.5. The van der Waals surface area contributed by atoms with Crippen LogP contribution in [0.5, 0.6) is 11.5 Å². The standard InChI is InChI=1S/C25H34N4O6.2ClH/c1-33-19-12-17(13-20(14-19)34-2)27-25(32)26-15-21-23(24(31)22(16-30)35-21)29-10-8-28(9-11-29)18-6-4-3-5-7-18;;/h3-7,12-14,21-24,30-31H,8-11,15-16H2,1-2H3,(H2,26,27,32);2*1H/t21-,22+,23+,24-;;/m1../s1. The van der Waals surface area contributed by atoms with Crippen molar-refractivity contribution in [1.29, 1.82) is 0 Å². The Kier molecular flexibility index (Phi) is 12.0. The average molecular weight is 559 g/mol. The Morgan fingerprint density at radius 2 is 1.62 bits per heavy atom. The summed E-state index contributed by atoms with van der Waals surface area (Å²) in [6.45, 7) is 3.01. The van der Waals surface area contributed by atoms with Gasteiger partial charge < -0.3 is 40.0 Å². The molecule has 12 heteroatoms. The highest BCUT2D eigenvalue weighted by Gasteiger charge is 2.46. The number of urea groups is 1. The second-order valence-corrected chi connectivity index (χ2v) is 8.67. The van der Waals surface area contributed by atoms with E-state index in [1.54, 1.807) is 32.4 Å². The monoisotopic (exact) mass is 558 g/mol. The average Bonchev–Trinajstić information content (AvgIpc) is 3.22. The molecule has 4 rings (SSSR count). The summed E-state index contributed by atoms with van der Waals surface area (Å²) in [6.07, 6.45) is -2.00. The van der Waals surface area contributed by atoms with Crippen LogP contribution in [0.25, 0.3) is 0 Å². The summed E-state index contributed by atoms with van der Waals surface area (Å²) >= 11 is 0. The zero-order valence-corrected chi connectivity index (χ0v) is 22.5. The Morgan fingerprint density at radius 1 is 1.00 bits per heavy atom. The molecule has 2 aromatic rings. The molecule has 0 bridgehead atoms. The van der Waals surface area contributed by atoms with Crippen molar-refractivity contribution in [3.8, 4) is 11.5 Å². The molecule has 206 valence electrons. The van der Waals surface area contributed by atoms with Crippen LogP contribution in [-0.4, -0.2) is 99.0 Å². The molecule has 10 nitrogen and oxygen atoms in total. The third kappa shape index (κ3) is 7.53. The third-order valence-corrected chi connectivity index (χ3v) is 6.57. The first-order valence-electron chi connectivity index (χ1n) is 11.8. The lowest BCUT2D eigenvalue weighted by Crippen LogP contribution is -2.57. The van der Waals surface area contributed by atoms with E-state index < -0.39 is 24.3 Å². The van der Waals surface area contributed by atoms with Crippen molar-refractivity contribution in [1.82, 2.24) is 10.2 Å². The fraction of sp³-hybridized carbons (Fsp3) is 0.480. The molecule has 2 amide bonds. The molecule has 4 atom stereocenters. The highest BCUT2D eigenvalue weighted by atomic mass is 35.5. The van der Waals surface area contributed by atoms with E-state index >= 15 is 0 Å². The van der Waals surface area contributed by atoms with Crippen molar-refractivity contribution in [2.75, 3.05) is 63.8 Å². The summed E-state index contributed by atoms with van der Waals surface area (Å²) in [5.74, 6) is 1.12. The van der Waals surface area contributed by atoms with E-state index in [2.05, 4.69) is 32.6 Å². The van der Waals surface area contributed by atoms with Gasteiger partial charge in [0.25, 0.3) is 0 Å². The van der Waals surface area contributed by atoms with E-state index in [9.17, 15) is 15.0 Å². The number of ether oxygens (including phenoxy) is 3. The van der Waals surface area contributed by atoms with Crippen molar-refractivity contribution in [2.24, 2.45) is 0 Å². The molecule has 0 aliphatic carbocycles. The lowest BCUT2D eigenvalue weighted by Gasteiger charge is -2.41. The maximum absolute atomic E-state index is 12.6. The number of aliphatic hydroxyl groups excluding tert-OH is 2. The summed E-state index contributed by atoms with van der Waals surface area (Å²) < 4.78 is 16.4. The second-order valence-electron chi connectivity index (χ2n) is 8.67. The predicted molar refractivity (Wildman–Crippen MR) is 147 cm³/mol. The van der Waals surface area contributed by atoms with Crippen molar-refractivity contribution < 1.29 is 29.2 Å². The fourth-order valence-electron chi connectivity index (χ4n) is 4.76. The molecule has 0 saturated carbocycles. The maximum atomic E-state index is 12.6. The van der Waals surface area contributed by atoms with Crippen LogP contribution in [0.3, 0.4) is 0 Å². The Labute approximate surface area is 229 Å². The normalized spacial score (nSPS) is 23.4. The van der Waals surface area contributed by atoms with E-state index in [0.717, 1.165) is 26.2 Å². The molecule has 37 heavy (non-hydrogen) atoms. The first-order chi connectivity index (χ1) is 17.0. The smallest absolute Gasteiger partial charge is 0.319 e. The van der Waals surface area contributed by atoms with Crippen LogP contribution in [0, 0.1) is 0 Å².